The van der Waals surface area contributed by atoms with Gasteiger partial charge in [-0.05, 0) is 55.7 Å². The third kappa shape index (κ3) is 5.87. The van der Waals surface area contributed by atoms with Crippen molar-refractivity contribution in [1.82, 2.24) is 14.5 Å². The lowest BCUT2D eigenvalue weighted by Gasteiger charge is -2.27. The zero-order valence-corrected chi connectivity index (χ0v) is 20.3. The molecule has 2 unspecified atom stereocenters. The van der Waals surface area contributed by atoms with Crippen molar-refractivity contribution in [3.63, 3.8) is 0 Å². The van der Waals surface area contributed by atoms with Crippen LogP contribution in [0.4, 0.5) is 5.82 Å². The highest BCUT2D eigenvalue weighted by Crippen LogP contribution is 2.34. The molecule has 2 aromatic heterocycles. The van der Waals surface area contributed by atoms with Crippen molar-refractivity contribution in [3.05, 3.63) is 89.5 Å². The summed E-state index contributed by atoms with van der Waals surface area (Å²) in [5.41, 5.74) is 4.44. The van der Waals surface area contributed by atoms with Gasteiger partial charge in [0.25, 0.3) is 0 Å². The summed E-state index contributed by atoms with van der Waals surface area (Å²) in [6.45, 7) is 1.13. The molecule has 188 valence electrons. The summed E-state index contributed by atoms with van der Waals surface area (Å²) < 4.78 is 13.1. The largest absolute Gasteiger partial charge is 0.481 e. The summed E-state index contributed by atoms with van der Waals surface area (Å²) in [6, 6.07) is 13.9. The standard InChI is InChI=1S/C28H32N4O4/c33-26(34)15-22(14-20-6-2-1-3-7-20)27(25-17-35-19-36-25)32-16-24(30-18-32)10-4-9-23-12-11-21-8-5-13-29-28(21)31-23/h1-3,6-7,11-12,16-18,22,27H,4-5,8-10,13-15,19H2,(H,29,31)(H,33,34). The van der Waals surface area contributed by atoms with Gasteiger partial charge >= 0.3 is 5.97 Å². The number of rotatable bonds is 11. The Morgan fingerprint density at radius 2 is 2.00 bits per heavy atom. The number of allylic oxidation sites excluding steroid dienone is 1. The zero-order valence-electron chi connectivity index (χ0n) is 20.3. The van der Waals surface area contributed by atoms with Crippen LogP contribution in [0.25, 0.3) is 0 Å². The second-order valence-electron chi connectivity index (χ2n) is 9.45. The molecule has 2 N–H and O–H groups in total. The molecule has 5 rings (SSSR count). The van der Waals surface area contributed by atoms with Crippen molar-refractivity contribution in [2.75, 3.05) is 18.7 Å². The number of nitrogens with one attached hydrogen (secondary N) is 1. The van der Waals surface area contributed by atoms with Gasteiger partial charge in [0.05, 0.1) is 24.5 Å². The van der Waals surface area contributed by atoms with Gasteiger partial charge in [-0.2, -0.15) is 0 Å². The first-order valence-corrected chi connectivity index (χ1v) is 12.6. The van der Waals surface area contributed by atoms with E-state index in [1.54, 1.807) is 12.6 Å². The highest BCUT2D eigenvalue weighted by Gasteiger charge is 2.32. The monoisotopic (exact) mass is 488 g/mol. The summed E-state index contributed by atoms with van der Waals surface area (Å²) in [4.78, 5) is 21.2. The molecule has 2 atom stereocenters. The van der Waals surface area contributed by atoms with E-state index in [0.717, 1.165) is 61.4 Å². The number of ether oxygens (including phenoxy) is 2. The molecular formula is C28H32N4O4. The summed E-state index contributed by atoms with van der Waals surface area (Å²) in [5.74, 6) is 0.590. The Kier molecular flexibility index (Phi) is 7.50. The van der Waals surface area contributed by atoms with Crippen LogP contribution < -0.4 is 5.32 Å². The first-order valence-electron chi connectivity index (χ1n) is 12.6. The molecule has 0 saturated heterocycles. The predicted molar refractivity (Wildman–Crippen MR) is 135 cm³/mol. The van der Waals surface area contributed by atoms with Gasteiger partial charge in [-0.3, -0.25) is 4.79 Å². The van der Waals surface area contributed by atoms with Crippen molar-refractivity contribution < 1.29 is 19.4 Å². The van der Waals surface area contributed by atoms with Gasteiger partial charge in [0, 0.05) is 24.4 Å². The Hall–Kier alpha value is -3.81. The van der Waals surface area contributed by atoms with E-state index in [9.17, 15) is 9.90 Å². The van der Waals surface area contributed by atoms with E-state index in [4.69, 9.17) is 14.5 Å². The number of aryl methyl sites for hydroxylation is 3. The maximum Gasteiger partial charge on any atom is 0.303 e. The van der Waals surface area contributed by atoms with E-state index in [1.165, 1.54) is 5.56 Å². The number of benzene rings is 1. The van der Waals surface area contributed by atoms with Crippen LogP contribution in [0.1, 0.15) is 47.8 Å². The summed E-state index contributed by atoms with van der Waals surface area (Å²) in [7, 11) is 0. The molecule has 0 saturated carbocycles. The first kappa shape index (κ1) is 23.9. The number of anilines is 1. The van der Waals surface area contributed by atoms with E-state index in [2.05, 4.69) is 22.4 Å². The molecule has 0 spiro atoms. The minimum absolute atomic E-state index is 0.00576. The first-order chi connectivity index (χ1) is 17.7. The molecule has 36 heavy (non-hydrogen) atoms. The number of carboxylic acids is 1. The van der Waals surface area contributed by atoms with Crippen LogP contribution in [-0.2, 0) is 40.0 Å². The molecule has 8 heteroatoms. The molecule has 3 aromatic rings. The van der Waals surface area contributed by atoms with E-state index in [-0.39, 0.29) is 25.2 Å². The van der Waals surface area contributed by atoms with Crippen LogP contribution in [0.15, 0.2) is 67.0 Å². The van der Waals surface area contributed by atoms with E-state index >= 15 is 0 Å². The Morgan fingerprint density at radius 1 is 1.14 bits per heavy atom. The van der Waals surface area contributed by atoms with Crippen LogP contribution in [0.5, 0.6) is 0 Å². The summed E-state index contributed by atoms with van der Waals surface area (Å²) in [5, 5.41) is 13.1. The van der Waals surface area contributed by atoms with Gasteiger partial charge in [0.15, 0.2) is 5.76 Å². The molecule has 0 aliphatic carbocycles. The molecule has 2 aliphatic rings. The number of nitrogens with zero attached hydrogens (tertiary/aromatic N) is 3. The fraction of sp³-hybridized carbons (Fsp3) is 0.393. The molecule has 0 radical (unpaired) electrons. The number of aromatic nitrogens is 3. The lowest BCUT2D eigenvalue weighted by molar-refractivity contribution is -0.138. The number of hydrogen-bond acceptors (Lipinski definition) is 6. The molecule has 0 amide bonds. The van der Waals surface area contributed by atoms with Crippen molar-refractivity contribution >= 4 is 11.8 Å². The Morgan fingerprint density at radius 3 is 2.81 bits per heavy atom. The summed E-state index contributed by atoms with van der Waals surface area (Å²) >= 11 is 0. The molecule has 4 heterocycles. The Labute approximate surface area is 211 Å². The number of pyridine rings is 1. The number of fused-ring (bicyclic) bond motifs is 1. The average molecular weight is 489 g/mol. The fourth-order valence-electron chi connectivity index (χ4n) is 5.09. The topological polar surface area (TPSA) is 98.5 Å². The molecule has 8 nitrogen and oxygen atoms in total. The lowest BCUT2D eigenvalue weighted by Crippen LogP contribution is -2.25. The van der Waals surface area contributed by atoms with Crippen molar-refractivity contribution in [2.24, 2.45) is 5.92 Å². The highest BCUT2D eigenvalue weighted by atomic mass is 16.7. The van der Waals surface area contributed by atoms with Gasteiger partial charge in [-0.25, -0.2) is 9.97 Å². The molecule has 0 fully saturated rings. The van der Waals surface area contributed by atoms with Crippen LogP contribution in [0, 0.1) is 5.92 Å². The van der Waals surface area contributed by atoms with E-state index in [1.807, 2.05) is 41.1 Å². The zero-order chi connectivity index (χ0) is 24.7. The van der Waals surface area contributed by atoms with Gasteiger partial charge < -0.3 is 24.5 Å². The quantitative estimate of drug-likeness (QED) is 0.409. The van der Waals surface area contributed by atoms with Crippen molar-refractivity contribution in [1.29, 1.82) is 0 Å². The smallest absolute Gasteiger partial charge is 0.303 e. The minimum Gasteiger partial charge on any atom is -0.481 e. The third-order valence-electron chi connectivity index (χ3n) is 6.80. The number of imidazole rings is 1. The van der Waals surface area contributed by atoms with E-state index in [0.29, 0.717) is 12.2 Å². The number of carbonyl (C=O) groups is 1. The lowest BCUT2D eigenvalue weighted by atomic mass is 9.88. The van der Waals surface area contributed by atoms with Crippen LogP contribution in [-0.4, -0.2) is 38.9 Å². The second kappa shape index (κ2) is 11.3. The number of aliphatic carboxylic acids is 1. The van der Waals surface area contributed by atoms with Gasteiger partial charge in [-0.1, -0.05) is 36.4 Å². The third-order valence-corrected chi connectivity index (χ3v) is 6.80. The van der Waals surface area contributed by atoms with Crippen LogP contribution >= 0.6 is 0 Å². The predicted octanol–water partition coefficient (Wildman–Crippen LogP) is 4.53. The molecular weight excluding hydrogens is 456 g/mol. The van der Waals surface area contributed by atoms with Gasteiger partial charge in [0.2, 0.25) is 6.79 Å². The molecule has 0 bridgehead atoms. The fourth-order valence-corrected chi connectivity index (χ4v) is 5.09. The highest BCUT2D eigenvalue weighted by molar-refractivity contribution is 5.67. The van der Waals surface area contributed by atoms with Crippen LogP contribution in [0.3, 0.4) is 0 Å². The summed E-state index contributed by atoms with van der Waals surface area (Å²) in [6.07, 6.45) is 10.9. The number of carboxylic acid groups (broad SMARTS) is 1. The second-order valence-corrected chi connectivity index (χ2v) is 9.45. The number of hydrogen-bond donors (Lipinski definition) is 2. The van der Waals surface area contributed by atoms with Crippen molar-refractivity contribution in [3.8, 4) is 0 Å². The maximum absolute atomic E-state index is 11.8. The van der Waals surface area contributed by atoms with Gasteiger partial charge in [0.1, 0.15) is 12.1 Å². The average Bonchev–Trinajstić information content (AvgIpc) is 3.58. The minimum atomic E-state index is -0.840. The molecule has 1 aromatic carbocycles. The SMILES string of the molecule is O=C(O)CC(Cc1ccccc1)C(C1=COCO1)n1cnc(CCCc2ccc3c(n2)NCCC3)c1. The Balaban J connectivity index is 1.29. The Bertz CT molecular complexity index is 1210. The maximum atomic E-state index is 11.8. The molecule has 2 aliphatic heterocycles. The normalized spacial score (nSPS) is 16.2. The van der Waals surface area contributed by atoms with Gasteiger partial charge in [-0.15, -0.1) is 0 Å². The van der Waals surface area contributed by atoms with Crippen molar-refractivity contribution in [2.45, 2.75) is 51.0 Å². The van der Waals surface area contributed by atoms with Crippen LogP contribution in [0.2, 0.25) is 0 Å². The van der Waals surface area contributed by atoms with E-state index < -0.39 is 5.97 Å².